The monoisotopic (exact) mass is 328 g/mol. The fourth-order valence-corrected chi connectivity index (χ4v) is 1.96. The molecule has 3 N–H and O–H groups in total. The lowest BCUT2D eigenvalue weighted by Gasteiger charge is -2.27. The number of carbonyl (C=O) groups is 1. The zero-order valence-electron chi connectivity index (χ0n) is 13.6. The zero-order chi connectivity index (χ0) is 16.8. The van der Waals surface area contributed by atoms with Crippen molar-refractivity contribution in [3.05, 3.63) is 28.8 Å². The number of ether oxygens (including phenoxy) is 1. The number of hydrogen-bond acceptors (Lipinski definition) is 3. The average Bonchev–Trinajstić information content (AvgIpc) is 2.46. The third-order valence-electron chi connectivity index (χ3n) is 3.79. The molecule has 1 unspecified atom stereocenters. The molecule has 0 aliphatic rings. The highest BCUT2D eigenvalue weighted by atomic mass is 35.5. The highest BCUT2D eigenvalue weighted by Gasteiger charge is 2.25. The lowest BCUT2D eigenvalue weighted by Crippen LogP contribution is -2.47. The first-order valence-corrected chi connectivity index (χ1v) is 7.70. The highest BCUT2D eigenvalue weighted by Crippen LogP contribution is 2.22. The Labute approximate surface area is 137 Å². The summed E-state index contributed by atoms with van der Waals surface area (Å²) in [5, 5.41) is 16.1. The van der Waals surface area contributed by atoms with Crippen LogP contribution in [0.3, 0.4) is 0 Å². The molecule has 0 spiro atoms. The number of carbonyl (C=O) groups excluding carboxylic acids is 1. The molecule has 124 valence electrons. The van der Waals surface area contributed by atoms with E-state index in [1.54, 1.807) is 20.1 Å². The second kappa shape index (κ2) is 8.25. The van der Waals surface area contributed by atoms with E-state index in [0.717, 1.165) is 5.56 Å². The first-order valence-electron chi connectivity index (χ1n) is 7.32. The van der Waals surface area contributed by atoms with Gasteiger partial charge in [0.2, 0.25) is 0 Å². The molecule has 0 saturated heterocycles. The minimum absolute atomic E-state index is 0.0610. The fourth-order valence-electron chi connectivity index (χ4n) is 1.69. The molecule has 0 fully saturated rings. The molecule has 0 saturated carbocycles. The normalized spacial score (nSPS) is 13.6. The van der Waals surface area contributed by atoms with Gasteiger partial charge in [-0.3, -0.25) is 0 Å². The number of halogens is 1. The first-order chi connectivity index (χ1) is 10.3. The van der Waals surface area contributed by atoms with Gasteiger partial charge in [-0.2, -0.15) is 0 Å². The van der Waals surface area contributed by atoms with Crippen molar-refractivity contribution in [2.24, 2.45) is 5.92 Å². The number of urea groups is 1. The fraction of sp³-hybridized carbons (Fsp3) is 0.562. The maximum atomic E-state index is 11.7. The van der Waals surface area contributed by atoms with Crippen molar-refractivity contribution in [2.45, 2.75) is 32.8 Å². The van der Waals surface area contributed by atoms with E-state index in [9.17, 15) is 9.90 Å². The topological polar surface area (TPSA) is 70.6 Å². The Kier molecular flexibility index (Phi) is 6.97. The van der Waals surface area contributed by atoms with Gasteiger partial charge in [0.05, 0.1) is 12.7 Å². The third-order valence-corrected chi connectivity index (χ3v) is 4.14. The molecule has 0 radical (unpaired) electrons. The van der Waals surface area contributed by atoms with Crippen molar-refractivity contribution < 1.29 is 14.6 Å². The number of hydrogen-bond donors (Lipinski definition) is 3. The van der Waals surface area contributed by atoms with Crippen molar-refractivity contribution in [3.8, 4) is 5.75 Å². The van der Waals surface area contributed by atoms with Crippen LogP contribution in [0.15, 0.2) is 18.2 Å². The van der Waals surface area contributed by atoms with E-state index in [1.807, 2.05) is 26.0 Å². The van der Waals surface area contributed by atoms with E-state index in [2.05, 4.69) is 10.6 Å². The second-order valence-electron chi connectivity index (χ2n) is 5.83. The third kappa shape index (κ3) is 5.73. The van der Waals surface area contributed by atoms with Crippen molar-refractivity contribution >= 4 is 17.6 Å². The molecular formula is C16H25ClN2O3. The molecule has 1 aromatic carbocycles. The lowest BCUT2D eigenvalue weighted by atomic mass is 9.93. The highest BCUT2D eigenvalue weighted by molar-refractivity contribution is 6.31. The Morgan fingerprint density at radius 1 is 1.41 bits per heavy atom. The SMILES string of the molecule is COc1ccc(CCNC(=O)NCC(C)(O)C(C)C)c(Cl)c1. The molecule has 2 amide bonds. The summed E-state index contributed by atoms with van der Waals surface area (Å²) in [5.74, 6) is 0.765. The van der Waals surface area contributed by atoms with Gasteiger partial charge < -0.3 is 20.5 Å². The van der Waals surface area contributed by atoms with Gasteiger partial charge in [0.15, 0.2) is 0 Å². The molecule has 1 aromatic rings. The van der Waals surface area contributed by atoms with Gasteiger partial charge in [-0.25, -0.2) is 4.79 Å². The van der Waals surface area contributed by atoms with Crippen LogP contribution in [0.5, 0.6) is 5.75 Å². The maximum absolute atomic E-state index is 11.7. The van der Waals surface area contributed by atoms with Gasteiger partial charge in [-0.1, -0.05) is 31.5 Å². The van der Waals surface area contributed by atoms with Crippen LogP contribution in [0.25, 0.3) is 0 Å². The van der Waals surface area contributed by atoms with Crippen LogP contribution in [-0.4, -0.2) is 36.9 Å². The minimum Gasteiger partial charge on any atom is -0.497 e. The summed E-state index contributed by atoms with van der Waals surface area (Å²) in [6.07, 6.45) is 0.622. The van der Waals surface area contributed by atoms with Gasteiger partial charge in [0.25, 0.3) is 0 Å². The van der Waals surface area contributed by atoms with E-state index in [0.29, 0.717) is 23.7 Å². The van der Waals surface area contributed by atoms with Crippen LogP contribution in [0, 0.1) is 5.92 Å². The lowest BCUT2D eigenvalue weighted by molar-refractivity contribution is 0.0166. The van der Waals surface area contributed by atoms with E-state index in [1.165, 1.54) is 0 Å². The maximum Gasteiger partial charge on any atom is 0.314 e. The van der Waals surface area contributed by atoms with Crippen molar-refractivity contribution in [1.29, 1.82) is 0 Å². The molecule has 0 aliphatic heterocycles. The van der Waals surface area contributed by atoms with Crippen LogP contribution < -0.4 is 15.4 Å². The minimum atomic E-state index is -0.920. The molecule has 0 aromatic heterocycles. The van der Waals surface area contributed by atoms with Crippen LogP contribution in [0.4, 0.5) is 4.79 Å². The van der Waals surface area contributed by atoms with Crippen LogP contribution in [0.2, 0.25) is 5.02 Å². The van der Waals surface area contributed by atoms with Crippen molar-refractivity contribution in [1.82, 2.24) is 10.6 Å². The van der Waals surface area contributed by atoms with Gasteiger partial charge in [0, 0.05) is 18.1 Å². The second-order valence-corrected chi connectivity index (χ2v) is 6.24. The summed E-state index contributed by atoms with van der Waals surface area (Å²) in [6.45, 7) is 6.19. The Bertz CT molecular complexity index is 504. The Morgan fingerprint density at radius 2 is 2.09 bits per heavy atom. The van der Waals surface area contributed by atoms with Crippen LogP contribution >= 0.6 is 11.6 Å². The number of rotatable bonds is 7. The van der Waals surface area contributed by atoms with Crippen molar-refractivity contribution in [3.63, 3.8) is 0 Å². The summed E-state index contributed by atoms with van der Waals surface area (Å²) < 4.78 is 5.09. The summed E-state index contributed by atoms with van der Waals surface area (Å²) >= 11 is 6.14. The zero-order valence-corrected chi connectivity index (χ0v) is 14.3. The summed E-state index contributed by atoms with van der Waals surface area (Å²) in [5.41, 5.74) is 0.0216. The molecule has 0 aliphatic carbocycles. The molecular weight excluding hydrogens is 304 g/mol. The van der Waals surface area contributed by atoms with Gasteiger partial charge in [-0.05, 0) is 37.0 Å². The van der Waals surface area contributed by atoms with Crippen molar-refractivity contribution in [2.75, 3.05) is 20.2 Å². The first kappa shape index (κ1) is 18.6. The molecule has 0 heterocycles. The number of nitrogens with one attached hydrogen (secondary N) is 2. The number of benzene rings is 1. The van der Waals surface area contributed by atoms with Gasteiger partial charge >= 0.3 is 6.03 Å². The summed E-state index contributed by atoms with van der Waals surface area (Å²) in [6, 6.07) is 5.16. The molecule has 1 atom stereocenters. The standard InChI is InChI=1S/C16H25ClN2O3/c1-11(2)16(3,21)10-19-15(20)18-8-7-12-5-6-13(22-4)9-14(12)17/h5-6,9,11,21H,7-8,10H2,1-4H3,(H2,18,19,20). The smallest absolute Gasteiger partial charge is 0.314 e. The predicted molar refractivity (Wildman–Crippen MR) is 88.6 cm³/mol. The Morgan fingerprint density at radius 3 is 2.64 bits per heavy atom. The molecule has 0 bridgehead atoms. The van der Waals surface area contributed by atoms with E-state index >= 15 is 0 Å². The predicted octanol–water partition coefficient (Wildman–Crippen LogP) is 2.60. The van der Waals surface area contributed by atoms with Crippen LogP contribution in [-0.2, 0) is 6.42 Å². The van der Waals surface area contributed by atoms with E-state index in [4.69, 9.17) is 16.3 Å². The van der Waals surface area contributed by atoms with E-state index in [-0.39, 0.29) is 18.5 Å². The van der Waals surface area contributed by atoms with Gasteiger partial charge in [-0.15, -0.1) is 0 Å². The largest absolute Gasteiger partial charge is 0.497 e. The average molecular weight is 329 g/mol. The molecule has 1 rings (SSSR count). The Balaban J connectivity index is 2.37. The van der Waals surface area contributed by atoms with E-state index < -0.39 is 5.60 Å². The quantitative estimate of drug-likeness (QED) is 0.720. The number of methoxy groups -OCH3 is 1. The number of aliphatic hydroxyl groups is 1. The number of amides is 2. The molecule has 6 heteroatoms. The van der Waals surface area contributed by atoms with Gasteiger partial charge in [0.1, 0.15) is 5.75 Å². The summed E-state index contributed by atoms with van der Waals surface area (Å²) in [7, 11) is 1.59. The molecule has 22 heavy (non-hydrogen) atoms. The summed E-state index contributed by atoms with van der Waals surface area (Å²) in [4.78, 5) is 11.7. The van der Waals surface area contributed by atoms with Crippen LogP contribution in [0.1, 0.15) is 26.3 Å². The molecule has 5 nitrogen and oxygen atoms in total. The Hall–Kier alpha value is -1.46.